The van der Waals surface area contributed by atoms with E-state index in [4.69, 9.17) is 0 Å². The molecule has 54 heavy (non-hydrogen) atoms. The van der Waals surface area contributed by atoms with E-state index in [0.29, 0.717) is 6.42 Å². The van der Waals surface area contributed by atoms with Gasteiger partial charge in [0.15, 0.2) is 0 Å². The van der Waals surface area contributed by atoms with Crippen molar-refractivity contribution >= 4 is 37.7 Å². The minimum Gasteiger partial charge on any atom is -0.872 e. The van der Waals surface area contributed by atoms with Gasteiger partial charge in [0.05, 0.1) is 0 Å². The molecule has 0 fully saturated rings. The summed E-state index contributed by atoms with van der Waals surface area (Å²) in [5.74, 6) is 0.169. The maximum atomic E-state index is 12.9. The van der Waals surface area contributed by atoms with Gasteiger partial charge in [-0.3, -0.25) is 0 Å². The van der Waals surface area contributed by atoms with E-state index in [9.17, 15) is 10.2 Å². The fourth-order valence-electron chi connectivity index (χ4n) is 8.11. The Kier molecular flexibility index (Phi) is 36.0. The standard InChI is InChI=1S/C51H88O2.Ca/c1-3-5-7-9-11-13-15-17-19-21-23-25-27-29-31-33-35-37-46-39-41-48(50(52)43-46)45-49-42-40-47(44-51(49)53)38-36-34-32-30-28-26-24-22-20-18-16-14-12-10-8-6-4-2;/h39-44,52-53H,3-38,45H2,1-2H3;/q;+2/p-2. The van der Waals surface area contributed by atoms with Crippen molar-refractivity contribution in [2.75, 3.05) is 0 Å². The summed E-state index contributed by atoms with van der Waals surface area (Å²) in [5, 5.41) is 25.8. The molecule has 2 aromatic rings. The third-order valence-electron chi connectivity index (χ3n) is 11.8. The van der Waals surface area contributed by atoms with Gasteiger partial charge < -0.3 is 10.2 Å². The average molecular weight is 771 g/mol. The van der Waals surface area contributed by atoms with Gasteiger partial charge in [-0.1, -0.05) is 267 Å². The molecule has 0 saturated carbocycles. The molecule has 3 heteroatoms. The second kappa shape index (κ2) is 37.9. The molecule has 0 saturated heterocycles. The quantitative estimate of drug-likeness (QED) is 0.0504. The second-order valence-electron chi connectivity index (χ2n) is 16.9. The monoisotopic (exact) mass is 771 g/mol. The van der Waals surface area contributed by atoms with Crippen LogP contribution in [0.15, 0.2) is 36.4 Å². The number of hydrogen-bond acceptors (Lipinski definition) is 2. The summed E-state index contributed by atoms with van der Waals surface area (Å²) in [7, 11) is 0. The van der Waals surface area contributed by atoms with Crippen LogP contribution >= 0.6 is 0 Å². The summed E-state index contributed by atoms with van der Waals surface area (Å²) in [6.45, 7) is 4.58. The van der Waals surface area contributed by atoms with Crippen LogP contribution in [0.1, 0.15) is 254 Å². The van der Waals surface area contributed by atoms with E-state index < -0.39 is 0 Å². The van der Waals surface area contributed by atoms with Crippen LogP contribution in [0.2, 0.25) is 0 Å². The summed E-state index contributed by atoms with van der Waals surface area (Å²) in [4.78, 5) is 0. The molecule has 0 aliphatic rings. The molecule has 0 aliphatic heterocycles. The maximum absolute atomic E-state index is 12.9. The van der Waals surface area contributed by atoms with Crippen LogP contribution in [0.3, 0.4) is 0 Å². The van der Waals surface area contributed by atoms with Gasteiger partial charge in [0.25, 0.3) is 0 Å². The summed E-state index contributed by atoms with van der Waals surface area (Å²) in [6.07, 6.45) is 49.4. The Morgan fingerprint density at radius 1 is 0.315 bits per heavy atom. The minimum absolute atomic E-state index is 0. The van der Waals surface area contributed by atoms with Crippen LogP contribution in [-0.2, 0) is 19.3 Å². The predicted octanol–water partition coefficient (Wildman–Crippen LogP) is 15.4. The number of unbranched alkanes of at least 4 members (excludes halogenated alkanes) is 32. The van der Waals surface area contributed by atoms with Gasteiger partial charge in [0, 0.05) is 0 Å². The van der Waals surface area contributed by atoms with Crippen molar-refractivity contribution < 1.29 is 10.2 Å². The number of rotatable bonds is 38. The van der Waals surface area contributed by atoms with Gasteiger partial charge in [-0.15, -0.1) is 11.5 Å². The summed E-state index contributed by atoms with van der Waals surface area (Å²) in [5.41, 5.74) is 3.78. The zero-order valence-corrected chi connectivity index (χ0v) is 38.4. The third kappa shape index (κ3) is 28.7. The Labute approximate surface area is 366 Å². The predicted molar refractivity (Wildman–Crippen MR) is 236 cm³/mol. The number of hydrogen-bond donors (Lipinski definition) is 0. The van der Waals surface area contributed by atoms with E-state index in [1.807, 2.05) is 24.3 Å². The van der Waals surface area contributed by atoms with Crippen LogP contribution in [0.25, 0.3) is 0 Å². The first-order valence-corrected chi connectivity index (χ1v) is 23.7. The molecule has 2 nitrogen and oxygen atoms in total. The molecule has 0 bridgehead atoms. The normalized spacial score (nSPS) is 11.3. The topological polar surface area (TPSA) is 46.1 Å². The number of aryl methyl sites for hydroxylation is 2. The van der Waals surface area contributed by atoms with Crippen LogP contribution in [0.5, 0.6) is 11.5 Å². The molecular formula is C51H86CaO2. The van der Waals surface area contributed by atoms with Crippen LogP contribution in [0, 0.1) is 0 Å². The van der Waals surface area contributed by atoms with Gasteiger partial charge in [-0.2, -0.15) is 0 Å². The molecule has 2 aromatic carbocycles. The maximum Gasteiger partial charge on any atom is 2.00 e. The van der Waals surface area contributed by atoms with Crippen LogP contribution in [-0.4, -0.2) is 37.7 Å². The zero-order valence-electron chi connectivity index (χ0n) is 36.2. The van der Waals surface area contributed by atoms with Crippen molar-refractivity contribution in [3.63, 3.8) is 0 Å². The molecule has 2 rings (SSSR count). The second-order valence-corrected chi connectivity index (χ2v) is 16.9. The average Bonchev–Trinajstić information content (AvgIpc) is 3.16. The van der Waals surface area contributed by atoms with Gasteiger partial charge in [-0.05, 0) is 43.2 Å². The Hall–Kier alpha value is -0.700. The minimum atomic E-state index is 0. The van der Waals surface area contributed by atoms with Gasteiger partial charge in [0.2, 0.25) is 0 Å². The first kappa shape index (κ1) is 51.3. The molecule has 0 aromatic heterocycles. The Morgan fingerprint density at radius 2 is 0.537 bits per heavy atom. The smallest absolute Gasteiger partial charge is 0.872 e. The van der Waals surface area contributed by atoms with Crippen molar-refractivity contribution in [3.05, 3.63) is 58.7 Å². The molecule has 0 N–H and O–H groups in total. The van der Waals surface area contributed by atoms with Crippen molar-refractivity contribution in [2.24, 2.45) is 0 Å². The fraction of sp³-hybridized carbons (Fsp3) is 0.765. The van der Waals surface area contributed by atoms with E-state index in [2.05, 4.69) is 26.0 Å². The first-order valence-electron chi connectivity index (χ1n) is 23.7. The van der Waals surface area contributed by atoms with E-state index in [1.54, 1.807) is 0 Å². The van der Waals surface area contributed by atoms with E-state index in [0.717, 1.165) is 47.9 Å². The molecule has 0 amide bonds. The van der Waals surface area contributed by atoms with Crippen molar-refractivity contribution in [1.29, 1.82) is 0 Å². The Bertz CT molecular complexity index is 1010. The molecule has 304 valence electrons. The van der Waals surface area contributed by atoms with Gasteiger partial charge in [0.1, 0.15) is 0 Å². The van der Waals surface area contributed by atoms with Crippen LogP contribution in [0.4, 0.5) is 0 Å². The summed E-state index contributed by atoms with van der Waals surface area (Å²) >= 11 is 0. The molecule has 0 spiro atoms. The van der Waals surface area contributed by atoms with Gasteiger partial charge >= 0.3 is 37.7 Å². The van der Waals surface area contributed by atoms with Gasteiger partial charge in [-0.25, -0.2) is 0 Å². The number of benzene rings is 2. The Morgan fingerprint density at radius 3 is 0.759 bits per heavy atom. The molecule has 0 aliphatic carbocycles. The first-order chi connectivity index (χ1) is 26.1. The van der Waals surface area contributed by atoms with E-state index >= 15 is 0 Å². The van der Waals surface area contributed by atoms with Crippen LogP contribution < -0.4 is 10.2 Å². The molecule has 0 atom stereocenters. The summed E-state index contributed by atoms with van der Waals surface area (Å²) < 4.78 is 0. The summed E-state index contributed by atoms with van der Waals surface area (Å²) in [6, 6.07) is 11.8. The van der Waals surface area contributed by atoms with Crippen molar-refractivity contribution in [1.82, 2.24) is 0 Å². The SMILES string of the molecule is CCCCCCCCCCCCCCCCCCCc1ccc(Cc2ccc(CCCCCCCCCCCCCCCCCCC)cc2[O-])c([O-])c1.[Ca+2]. The molecule has 0 unspecified atom stereocenters. The molecular weight excluding hydrogens is 685 g/mol. The largest absolute Gasteiger partial charge is 2.00 e. The van der Waals surface area contributed by atoms with Crippen molar-refractivity contribution in [3.8, 4) is 11.5 Å². The third-order valence-corrected chi connectivity index (χ3v) is 11.8. The molecule has 0 heterocycles. The van der Waals surface area contributed by atoms with E-state index in [-0.39, 0.29) is 49.2 Å². The fourth-order valence-corrected chi connectivity index (χ4v) is 8.11. The van der Waals surface area contributed by atoms with E-state index in [1.165, 1.54) is 205 Å². The van der Waals surface area contributed by atoms with Crippen molar-refractivity contribution in [2.45, 2.75) is 251 Å². The zero-order chi connectivity index (χ0) is 37.9. The molecule has 0 radical (unpaired) electrons. The Balaban J connectivity index is 0.0000146.